The van der Waals surface area contributed by atoms with E-state index in [4.69, 9.17) is 0 Å². The van der Waals surface area contributed by atoms with E-state index < -0.39 is 34.6 Å². The van der Waals surface area contributed by atoms with Gasteiger partial charge < -0.3 is 20.1 Å². The SMILES string of the molecule is CC1CN(c2cc(F)c(-c3cnc(N4C5CCC4CC5)nc3)cc2NC(=O)c2c[nH]c(=O)cc2C(F)(F)F)C[C@H](C)N1C. The second-order valence-electron chi connectivity index (χ2n) is 11.8. The molecule has 1 aromatic carbocycles. The van der Waals surface area contributed by atoms with Crippen LogP contribution in [0.2, 0.25) is 0 Å². The number of carbonyl (C=O) groups is 1. The number of amides is 1. The van der Waals surface area contributed by atoms with Crippen molar-refractivity contribution in [2.45, 2.75) is 69.9 Å². The Morgan fingerprint density at radius 2 is 1.60 bits per heavy atom. The third-order valence-electron chi connectivity index (χ3n) is 9.14. The highest BCUT2D eigenvalue weighted by Gasteiger charge is 2.41. The van der Waals surface area contributed by atoms with Crippen LogP contribution in [0.1, 0.15) is 55.5 Å². The minimum absolute atomic E-state index is 0.0906. The quantitative estimate of drug-likeness (QED) is 0.403. The first kappa shape index (κ1) is 29.1. The summed E-state index contributed by atoms with van der Waals surface area (Å²) in [7, 11) is 1.99. The molecule has 3 aliphatic heterocycles. The lowest BCUT2D eigenvalue weighted by Crippen LogP contribution is -2.55. The van der Waals surface area contributed by atoms with Crippen LogP contribution in [0.5, 0.6) is 0 Å². The van der Waals surface area contributed by atoms with Crippen LogP contribution >= 0.6 is 0 Å². The fourth-order valence-corrected chi connectivity index (χ4v) is 6.66. The number of hydrogen-bond acceptors (Lipinski definition) is 7. The number of H-pyrrole nitrogens is 1. The summed E-state index contributed by atoms with van der Waals surface area (Å²) in [6.07, 6.45) is 3.28. The van der Waals surface area contributed by atoms with Gasteiger partial charge in [0.15, 0.2) is 0 Å². The molecule has 5 heterocycles. The molecule has 1 unspecified atom stereocenters. The van der Waals surface area contributed by atoms with Gasteiger partial charge in [-0.2, -0.15) is 13.2 Å². The number of likely N-dealkylation sites (N-methyl/N-ethyl adjacent to an activating group) is 1. The van der Waals surface area contributed by atoms with Crippen LogP contribution in [0.4, 0.5) is 34.9 Å². The lowest BCUT2D eigenvalue weighted by Gasteiger charge is -2.44. The highest BCUT2D eigenvalue weighted by Crippen LogP contribution is 2.40. The van der Waals surface area contributed by atoms with Crippen molar-refractivity contribution < 1.29 is 22.4 Å². The zero-order valence-corrected chi connectivity index (χ0v) is 24.1. The monoisotopic (exact) mass is 599 g/mol. The average molecular weight is 600 g/mol. The third kappa shape index (κ3) is 5.46. The molecule has 6 rings (SSSR count). The number of aromatic nitrogens is 3. The Bertz CT molecular complexity index is 1560. The van der Waals surface area contributed by atoms with Crippen molar-refractivity contribution in [3.8, 4) is 11.1 Å². The summed E-state index contributed by atoms with van der Waals surface area (Å²) in [6, 6.07) is 4.06. The first-order valence-electron chi connectivity index (χ1n) is 14.4. The molecule has 2 N–H and O–H groups in total. The summed E-state index contributed by atoms with van der Waals surface area (Å²) in [5.74, 6) is -1.07. The number of carbonyl (C=O) groups excluding carboxylic acids is 1. The van der Waals surface area contributed by atoms with Gasteiger partial charge in [-0.1, -0.05) is 0 Å². The van der Waals surface area contributed by atoms with E-state index in [1.54, 1.807) is 0 Å². The molecule has 13 heteroatoms. The van der Waals surface area contributed by atoms with Gasteiger partial charge in [-0.15, -0.1) is 0 Å². The summed E-state index contributed by atoms with van der Waals surface area (Å²) >= 11 is 0. The maximum atomic E-state index is 15.8. The Labute approximate surface area is 245 Å². The molecule has 2 aromatic heterocycles. The minimum Gasteiger partial charge on any atom is -0.367 e. The lowest BCUT2D eigenvalue weighted by molar-refractivity contribution is -0.138. The second kappa shape index (κ2) is 10.9. The van der Waals surface area contributed by atoms with E-state index >= 15 is 4.39 Å². The Kier molecular flexibility index (Phi) is 7.39. The van der Waals surface area contributed by atoms with E-state index in [1.165, 1.54) is 24.5 Å². The van der Waals surface area contributed by atoms with Gasteiger partial charge in [-0.3, -0.25) is 14.5 Å². The van der Waals surface area contributed by atoms with Crippen molar-refractivity contribution in [2.75, 3.05) is 35.3 Å². The number of alkyl halides is 3. The van der Waals surface area contributed by atoms with E-state index in [2.05, 4.69) is 30.1 Å². The molecule has 3 saturated heterocycles. The van der Waals surface area contributed by atoms with Crippen molar-refractivity contribution in [3.63, 3.8) is 0 Å². The number of anilines is 3. The second-order valence-corrected chi connectivity index (χ2v) is 11.8. The number of nitrogens with zero attached hydrogens (tertiary/aromatic N) is 5. The smallest absolute Gasteiger partial charge is 0.367 e. The summed E-state index contributed by atoms with van der Waals surface area (Å²) in [5, 5.41) is 2.58. The van der Waals surface area contributed by atoms with E-state index in [-0.39, 0.29) is 23.3 Å². The molecular weight excluding hydrogens is 566 g/mol. The van der Waals surface area contributed by atoms with Crippen LogP contribution in [-0.4, -0.2) is 70.1 Å². The van der Waals surface area contributed by atoms with Gasteiger partial charge in [-0.05, 0) is 58.7 Å². The van der Waals surface area contributed by atoms with E-state index in [1.807, 2.05) is 25.8 Å². The molecule has 0 radical (unpaired) electrons. The van der Waals surface area contributed by atoms with Gasteiger partial charge in [0.25, 0.3) is 5.91 Å². The zero-order chi connectivity index (χ0) is 30.6. The van der Waals surface area contributed by atoms with E-state index in [0.29, 0.717) is 48.4 Å². The van der Waals surface area contributed by atoms with Crippen LogP contribution in [0.15, 0.2) is 41.6 Å². The molecule has 3 aliphatic rings. The molecule has 9 nitrogen and oxygen atoms in total. The number of benzene rings is 1. The molecular formula is C30H33F4N7O2. The van der Waals surface area contributed by atoms with Crippen LogP contribution in [0, 0.1) is 5.82 Å². The van der Waals surface area contributed by atoms with Gasteiger partial charge in [0, 0.05) is 73.0 Å². The Morgan fingerprint density at radius 3 is 2.19 bits per heavy atom. The van der Waals surface area contributed by atoms with Gasteiger partial charge >= 0.3 is 6.18 Å². The predicted octanol–water partition coefficient (Wildman–Crippen LogP) is 4.90. The largest absolute Gasteiger partial charge is 0.417 e. The zero-order valence-electron chi connectivity index (χ0n) is 24.1. The van der Waals surface area contributed by atoms with Gasteiger partial charge in [0.05, 0.1) is 22.5 Å². The average Bonchev–Trinajstić information content (AvgIpc) is 3.57. The highest BCUT2D eigenvalue weighted by molar-refractivity contribution is 6.07. The number of pyridine rings is 1. The predicted molar refractivity (Wildman–Crippen MR) is 155 cm³/mol. The van der Waals surface area contributed by atoms with Gasteiger partial charge in [-0.25, -0.2) is 14.4 Å². The fourth-order valence-electron chi connectivity index (χ4n) is 6.66. The van der Waals surface area contributed by atoms with Crippen molar-refractivity contribution >= 4 is 23.2 Å². The molecule has 2 bridgehead atoms. The molecule has 0 saturated carbocycles. The van der Waals surface area contributed by atoms with Crippen LogP contribution in [-0.2, 0) is 6.18 Å². The highest BCUT2D eigenvalue weighted by atomic mass is 19.4. The number of hydrogen-bond donors (Lipinski definition) is 2. The first-order chi connectivity index (χ1) is 20.4. The molecule has 1 amide bonds. The van der Waals surface area contributed by atoms with Crippen molar-refractivity contribution in [1.82, 2.24) is 19.9 Å². The van der Waals surface area contributed by atoms with E-state index in [9.17, 15) is 22.8 Å². The van der Waals surface area contributed by atoms with Crippen molar-refractivity contribution in [3.05, 3.63) is 64.1 Å². The normalized spacial score (nSPS) is 24.1. The summed E-state index contributed by atoms with van der Waals surface area (Å²) < 4.78 is 57.0. The third-order valence-corrected chi connectivity index (χ3v) is 9.14. The standard InChI is InChI=1S/C30H33F4N7O2/c1-16-14-40(15-17(2)39(16)3)26-10-24(31)21(18-11-36-29(37-12-18)41-19-4-5-20(41)7-6-19)8-25(26)38-28(43)22-13-35-27(42)9-23(22)30(32,33)34/h8-13,16-17,19-20H,4-7,14-15H2,1-3H3,(H,35,42)(H,38,43)/t16-,17?,19?,20?/m0/s1. The number of fused-ring (bicyclic) bond motifs is 2. The number of halogens is 4. The van der Waals surface area contributed by atoms with Crippen LogP contribution in [0.3, 0.4) is 0 Å². The topological polar surface area (TPSA) is 97.5 Å². The molecule has 0 aliphatic carbocycles. The van der Waals surface area contributed by atoms with Gasteiger partial charge in [0.2, 0.25) is 11.5 Å². The summed E-state index contributed by atoms with van der Waals surface area (Å²) in [4.78, 5) is 42.5. The number of piperazine rings is 1. The van der Waals surface area contributed by atoms with Crippen LogP contribution < -0.4 is 20.7 Å². The Morgan fingerprint density at radius 1 is 1.00 bits per heavy atom. The molecule has 3 fully saturated rings. The Hall–Kier alpha value is -4.00. The van der Waals surface area contributed by atoms with E-state index in [0.717, 1.165) is 31.9 Å². The van der Waals surface area contributed by atoms with Crippen LogP contribution in [0.25, 0.3) is 11.1 Å². The van der Waals surface area contributed by atoms with Crippen molar-refractivity contribution in [1.29, 1.82) is 0 Å². The molecule has 0 spiro atoms. The Balaban J connectivity index is 1.38. The molecule has 2 atom stereocenters. The maximum absolute atomic E-state index is 15.8. The molecule has 43 heavy (non-hydrogen) atoms. The summed E-state index contributed by atoms with van der Waals surface area (Å²) in [6.45, 7) is 5.05. The molecule has 3 aromatic rings. The minimum atomic E-state index is -4.94. The maximum Gasteiger partial charge on any atom is 0.417 e. The fraction of sp³-hybridized carbons (Fsp3) is 0.467. The molecule has 228 valence electrons. The first-order valence-corrected chi connectivity index (χ1v) is 14.4. The van der Waals surface area contributed by atoms with Gasteiger partial charge in [0.1, 0.15) is 5.82 Å². The number of rotatable bonds is 5. The lowest BCUT2D eigenvalue weighted by atomic mass is 10.0. The summed E-state index contributed by atoms with van der Waals surface area (Å²) in [5.41, 5.74) is -2.16. The number of aromatic amines is 1. The van der Waals surface area contributed by atoms with Crippen molar-refractivity contribution in [2.24, 2.45) is 0 Å². The number of nitrogens with one attached hydrogen (secondary N) is 2.